The second-order valence-electron chi connectivity index (χ2n) is 4.45. The first-order valence-electron chi connectivity index (χ1n) is 5.38. The van der Waals surface area contributed by atoms with E-state index in [9.17, 15) is 5.11 Å². The first kappa shape index (κ1) is 8.30. The third kappa shape index (κ3) is 1.14. The fourth-order valence-electron chi connectivity index (χ4n) is 2.53. The molecule has 2 N–H and O–H groups in total. The standard InChI is InChI=1S/C12H15NO/c14-10-3-4-11-9(8-10)2-1-7-13-12(11)5-6-12/h3-4,8,13-14H,1-2,5-7H2. The van der Waals surface area contributed by atoms with E-state index in [4.69, 9.17) is 0 Å². The summed E-state index contributed by atoms with van der Waals surface area (Å²) in [5.74, 6) is 0.404. The van der Waals surface area contributed by atoms with Crippen LogP contribution in [-0.2, 0) is 12.0 Å². The van der Waals surface area contributed by atoms with Gasteiger partial charge in [0.1, 0.15) is 5.75 Å². The second-order valence-corrected chi connectivity index (χ2v) is 4.45. The van der Waals surface area contributed by atoms with Crippen LogP contribution in [0.1, 0.15) is 30.4 Å². The van der Waals surface area contributed by atoms with Gasteiger partial charge in [-0.05, 0) is 55.5 Å². The van der Waals surface area contributed by atoms with Crippen LogP contribution >= 0.6 is 0 Å². The Morgan fingerprint density at radius 3 is 2.93 bits per heavy atom. The van der Waals surface area contributed by atoms with E-state index in [0.29, 0.717) is 5.75 Å². The van der Waals surface area contributed by atoms with Crippen molar-refractivity contribution in [3.8, 4) is 5.75 Å². The van der Waals surface area contributed by atoms with Crippen molar-refractivity contribution in [1.29, 1.82) is 0 Å². The van der Waals surface area contributed by atoms with Crippen LogP contribution in [0, 0.1) is 0 Å². The van der Waals surface area contributed by atoms with Crippen LogP contribution in [0.25, 0.3) is 0 Å². The van der Waals surface area contributed by atoms with Gasteiger partial charge in [-0.2, -0.15) is 0 Å². The Morgan fingerprint density at radius 2 is 2.14 bits per heavy atom. The molecule has 14 heavy (non-hydrogen) atoms. The number of aromatic hydroxyl groups is 1. The molecule has 1 saturated carbocycles. The molecule has 1 aliphatic carbocycles. The lowest BCUT2D eigenvalue weighted by atomic mass is 9.97. The number of phenolic OH excluding ortho intramolecular Hbond substituents is 1. The predicted molar refractivity (Wildman–Crippen MR) is 55.3 cm³/mol. The summed E-state index contributed by atoms with van der Waals surface area (Å²) in [7, 11) is 0. The summed E-state index contributed by atoms with van der Waals surface area (Å²) in [4.78, 5) is 0. The van der Waals surface area contributed by atoms with Crippen molar-refractivity contribution in [2.75, 3.05) is 6.54 Å². The molecular weight excluding hydrogens is 174 g/mol. The van der Waals surface area contributed by atoms with Crippen LogP contribution < -0.4 is 5.32 Å². The first-order chi connectivity index (χ1) is 6.80. The molecule has 0 bridgehead atoms. The van der Waals surface area contributed by atoms with Gasteiger partial charge < -0.3 is 10.4 Å². The zero-order valence-electron chi connectivity index (χ0n) is 8.21. The third-order valence-corrected chi connectivity index (χ3v) is 3.44. The Hall–Kier alpha value is -1.02. The topological polar surface area (TPSA) is 32.3 Å². The van der Waals surface area contributed by atoms with Crippen LogP contribution in [0.5, 0.6) is 5.75 Å². The lowest BCUT2D eigenvalue weighted by Crippen LogP contribution is -2.28. The molecule has 1 fully saturated rings. The molecular formula is C12H15NO. The lowest BCUT2D eigenvalue weighted by Gasteiger charge is -2.17. The van der Waals surface area contributed by atoms with E-state index >= 15 is 0 Å². The van der Waals surface area contributed by atoms with E-state index in [1.807, 2.05) is 12.1 Å². The highest BCUT2D eigenvalue weighted by Gasteiger charge is 2.45. The van der Waals surface area contributed by atoms with Gasteiger partial charge in [-0.1, -0.05) is 6.07 Å². The maximum Gasteiger partial charge on any atom is 0.115 e. The highest BCUT2D eigenvalue weighted by atomic mass is 16.3. The fourth-order valence-corrected chi connectivity index (χ4v) is 2.53. The molecule has 0 atom stereocenters. The van der Waals surface area contributed by atoms with Crippen molar-refractivity contribution in [3.05, 3.63) is 29.3 Å². The molecule has 3 rings (SSSR count). The highest BCUT2D eigenvalue weighted by Crippen LogP contribution is 2.48. The van der Waals surface area contributed by atoms with Crippen LogP contribution in [0.2, 0.25) is 0 Å². The van der Waals surface area contributed by atoms with Crippen molar-refractivity contribution in [2.24, 2.45) is 0 Å². The molecule has 1 spiro atoms. The zero-order chi connectivity index (χ0) is 9.60. The van der Waals surface area contributed by atoms with Gasteiger partial charge in [0, 0.05) is 5.54 Å². The number of fused-ring (bicyclic) bond motifs is 2. The van der Waals surface area contributed by atoms with Gasteiger partial charge in [0.15, 0.2) is 0 Å². The number of hydrogen-bond acceptors (Lipinski definition) is 2. The Morgan fingerprint density at radius 1 is 1.29 bits per heavy atom. The molecule has 1 aromatic carbocycles. The molecule has 0 aromatic heterocycles. The Balaban J connectivity index is 2.11. The maximum absolute atomic E-state index is 9.45. The third-order valence-electron chi connectivity index (χ3n) is 3.44. The van der Waals surface area contributed by atoms with Gasteiger partial charge in [-0.15, -0.1) is 0 Å². The summed E-state index contributed by atoms with van der Waals surface area (Å²) in [5, 5.41) is 13.1. The van der Waals surface area contributed by atoms with Crippen LogP contribution in [-0.4, -0.2) is 11.7 Å². The van der Waals surface area contributed by atoms with Crippen molar-refractivity contribution < 1.29 is 5.11 Å². The molecule has 0 saturated heterocycles. The maximum atomic E-state index is 9.45. The quantitative estimate of drug-likeness (QED) is 0.653. The fraction of sp³-hybridized carbons (Fsp3) is 0.500. The summed E-state index contributed by atoms with van der Waals surface area (Å²) in [6, 6.07) is 5.84. The van der Waals surface area contributed by atoms with E-state index in [1.54, 1.807) is 0 Å². The number of nitrogens with one attached hydrogen (secondary N) is 1. The highest BCUT2D eigenvalue weighted by molar-refractivity contribution is 5.43. The number of benzene rings is 1. The number of hydrogen-bond donors (Lipinski definition) is 2. The molecule has 2 heteroatoms. The summed E-state index contributed by atoms with van der Waals surface area (Å²) in [6.07, 6.45) is 4.78. The van der Waals surface area contributed by atoms with Crippen molar-refractivity contribution in [3.63, 3.8) is 0 Å². The SMILES string of the molecule is Oc1ccc2c(c1)CCCNC21CC1. The molecule has 0 amide bonds. The van der Waals surface area contributed by atoms with Crippen LogP contribution in [0.4, 0.5) is 0 Å². The van der Waals surface area contributed by atoms with Crippen LogP contribution in [0.15, 0.2) is 18.2 Å². The van der Waals surface area contributed by atoms with E-state index < -0.39 is 0 Å². The number of rotatable bonds is 0. The van der Waals surface area contributed by atoms with Gasteiger partial charge in [0.25, 0.3) is 0 Å². The monoisotopic (exact) mass is 189 g/mol. The number of aryl methyl sites for hydroxylation is 1. The van der Waals surface area contributed by atoms with Crippen molar-refractivity contribution >= 4 is 0 Å². The van der Waals surface area contributed by atoms with E-state index in [2.05, 4.69) is 11.4 Å². The smallest absolute Gasteiger partial charge is 0.115 e. The second kappa shape index (κ2) is 2.74. The minimum atomic E-state index is 0.277. The largest absolute Gasteiger partial charge is 0.508 e. The summed E-state index contributed by atoms with van der Waals surface area (Å²) in [6.45, 7) is 1.11. The number of phenols is 1. The molecule has 2 aliphatic rings. The molecule has 74 valence electrons. The normalized spacial score (nSPS) is 22.9. The van der Waals surface area contributed by atoms with Crippen molar-refractivity contribution in [2.45, 2.75) is 31.2 Å². The summed E-state index contributed by atoms with van der Waals surface area (Å²) >= 11 is 0. The van der Waals surface area contributed by atoms with Gasteiger partial charge in [0.2, 0.25) is 0 Å². The Kier molecular flexibility index (Phi) is 1.62. The minimum Gasteiger partial charge on any atom is -0.508 e. The minimum absolute atomic E-state index is 0.277. The average molecular weight is 189 g/mol. The average Bonchev–Trinajstić information content (AvgIpc) is 2.95. The lowest BCUT2D eigenvalue weighted by molar-refractivity contribution is 0.473. The van der Waals surface area contributed by atoms with Gasteiger partial charge in [-0.25, -0.2) is 0 Å². The van der Waals surface area contributed by atoms with Crippen molar-refractivity contribution in [1.82, 2.24) is 5.32 Å². The molecule has 1 aliphatic heterocycles. The van der Waals surface area contributed by atoms with E-state index in [1.165, 1.54) is 30.4 Å². The van der Waals surface area contributed by atoms with Gasteiger partial charge >= 0.3 is 0 Å². The van der Waals surface area contributed by atoms with Crippen LogP contribution in [0.3, 0.4) is 0 Å². The first-order valence-corrected chi connectivity index (χ1v) is 5.38. The summed E-state index contributed by atoms with van der Waals surface area (Å²) < 4.78 is 0. The van der Waals surface area contributed by atoms with Gasteiger partial charge in [0.05, 0.1) is 0 Å². The van der Waals surface area contributed by atoms with E-state index in [-0.39, 0.29) is 5.54 Å². The molecule has 1 aromatic rings. The van der Waals surface area contributed by atoms with Gasteiger partial charge in [-0.3, -0.25) is 0 Å². The Bertz CT molecular complexity index is 369. The molecule has 1 heterocycles. The Labute approximate surface area is 84.0 Å². The molecule has 0 radical (unpaired) electrons. The predicted octanol–water partition coefficient (Wildman–Crippen LogP) is 1.92. The zero-order valence-corrected chi connectivity index (χ0v) is 8.21. The summed E-state index contributed by atoms with van der Waals surface area (Å²) in [5.41, 5.74) is 3.04. The van der Waals surface area contributed by atoms with E-state index in [0.717, 1.165) is 13.0 Å². The molecule has 2 nitrogen and oxygen atoms in total. The molecule has 0 unspecified atom stereocenters.